The highest BCUT2D eigenvalue weighted by atomic mass is 14.7. The maximum absolute atomic E-state index is 6.35. The topological polar surface area (TPSA) is 38.9 Å². The molecule has 1 aliphatic carbocycles. The quantitative estimate of drug-likeness (QED) is 0.828. The van der Waals surface area contributed by atoms with Crippen molar-refractivity contribution in [2.24, 2.45) is 23.5 Å². The first kappa shape index (κ1) is 11.6. The highest BCUT2D eigenvalue weighted by Crippen LogP contribution is 2.38. The van der Waals surface area contributed by atoms with E-state index < -0.39 is 0 Å². The number of pyridine rings is 1. The molecule has 0 aromatic carbocycles. The molecule has 0 amide bonds. The van der Waals surface area contributed by atoms with Crippen LogP contribution in [-0.2, 0) is 0 Å². The molecular formula is C14H22N2. The van der Waals surface area contributed by atoms with E-state index in [2.05, 4.69) is 24.9 Å². The van der Waals surface area contributed by atoms with Crippen LogP contribution in [0.5, 0.6) is 0 Å². The minimum atomic E-state index is 0.166. The van der Waals surface area contributed by atoms with Crippen LogP contribution in [0.3, 0.4) is 0 Å². The van der Waals surface area contributed by atoms with Gasteiger partial charge >= 0.3 is 0 Å². The predicted octanol–water partition coefficient (Wildman–Crippen LogP) is 3.15. The molecule has 1 aromatic heterocycles. The average molecular weight is 218 g/mol. The normalized spacial score (nSPS) is 32.3. The summed E-state index contributed by atoms with van der Waals surface area (Å²) in [5.74, 6) is 2.26. The summed E-state index contributed by atoms with van der Waals surface area (Å²) in [7, 11) is 0. The second-order valence-electron chi connectivity index (χ2n) is 5.49. The van der Waals surface area contributed by atoms with Crippen molar-refractivity contribution < 1.29 is 0 Å². The molecule has 1 aromatic rings. The van der Waals surface area contributed by atoms with Gasteiger partial charge in [0.15, 0.2) is 0 Å². The maximum Gasteiger partial charge on any atom is 0.0339 e. The fourth-order valence-electron chi connectivity index (χ4n) is 3.15. The Bertz CT molecular complexity index is 313. The molecule has 1 aliphatic rings. The summed E-state index contributed by atoms with van der Waals surface area (Å²) in [4.78, 5) is 4.16. The van der Waals surface area contributed by atoms with Crippen molar-refractivity contribution >= 4 is 0 Å². The molecule has 16 heavy (non-hydrogen) atoms. The number of rotatable bonds is 2. The molecule has 2 N–H and O–H groups in total. The van der Waals surface area contributed by atoms with Gasteiger partial charge in [-0.25, -0.2) is 0 Å². The second-order valence-corrected chi connectivity index (χ2v) is 5.49. The van der Waals surface area contributed by atoms with E-state index in [9.17, 15) is 0 Å². The van der Waals surface area contributed by atoms with Crippen LogP contribution in [0.1, 0.15) is 44.7 Å². The molecule has 2 heteroatoms. The summed E-state index contributed by atoms with van der Waals surface area (Å²) in [6.07, 6.45) is 7.61. The zero-order chi connectivity index (χ0) is 11.5. The van der Waals surface area contributed by atoms with Crippen molar-refractivity contribution in [1.29, 1.82) is 0 Å². The van der Waals surface area contributed by atoms with Gasteiger partial charge in [-0.1, -0.05) is 19.9 Å². The predicted molar refractivity (Wildman–Crippen MR) is 66.8 cm³/mol. The second kappa shape index (κ2) is 4.96. The van der Waals surface area contributed by atoms with Crippen molar-refractivity contribution in [3.8, 4) is 0 Å². The Morgan fingerprint density at radius 2 is 1.94 bits per heavy atom. The highest BCUT2D eigenvalue weighted by Gasteiger charge is 2.28. The fourth-order valence-corrected chi connectivity index (χ4v) is 3.15. The third kappa shape index (κ3) is 2.62. The van der Waals surface area contributed by atoms with E-state index in [1.165, 1.54) is 24.8 Å². The Balaban J connectivity index is 2.07. The molecule has 0 radical (unpaired) electrons. The Labute approximate surface area is 98.3 Å². The van der Waals surface area contributed by atoms with E-state index >= 15 is 0 Å². The van der Waals surface area contributed by atoms with Gasteiger partial charge in [0, 0.05) is 18.4 Å². The molecule has 2 rings (SSSR count). The summed E-state index contributed by atoms with van der Waals surface area (Å²) in [5, 5.41) is 0. The molecule has 88 valence electrons. The number of hydrogen-bond acceptors (Lipinski definition) is 2. The minimum absolute atomic E-state index is 0.166. The Kier molecular flexibility index (Phi) is 3.59. The van der Waals surface area contributed by atoms with Gasteiger partial charge in [0.2, 0.25) is 0 Å². The SMILES string of the molecule is CC1CC(C)CC(C(N)c2cccnc2)C1. The summed E-state index contributed by atoms with van der Waals surface area (Å²) in [5.41, 5.74) is 7.54. The van der Waals surface area contributed by atoms with E-state index in [4.69, 9.17) is 5.73 Å². The molecule has 0 aliphatic heterocycles. The van der Waals surface area contributed by atoms with E-state index in [1.54, 1.807) is 0 Å². The monoisotopic (exact) mass is 218 g/mol. The first-order valence-corrected chi connectivity index (χ1v) is 6.32. The first-order chi connectivity index (χ1) is 7.66. The summed E-state index contributed by atoms with van der Waals surface area (Å²) in [6.45, 7) is 4.69. The zero-order valence-corrected chi connectivity index (χ0v) is 10.3. The van der Waals surface area contributed by atoms with Crippen molar-refractivity contribution in [2.75, 3.05) is 0 Å². The van der Waals surface area contributed by atoms with E-state index in [-0.39, 0.29) is 6.04 Å². The van der Waals surface area contributed by atoms with Gasteiger partial charge in [-0.2, -0.15) is 0 Å². The molecule has 3 atom stereocenters. The van der Waals surface area contributed by atoms with Gasteiger partial charge in [-0.15, -0.1) is 0 Å². The number of nitrogens with zero attached hydrogens (tertiary/aromatic N) is 1. The van der Waals surface area contributed by atoms with Gasteiger partial charge in [-0.05, 0) is 48.6 Å². The van der Waals surface area contributed by atoms with Crippen molar-refractivity contribution in [3.63, 3.8) is 0 Å². The van der Waals surface area contributed by atoms with E-state index in [0.29, 0.717) is 5.92 Å². The molecule has 0 bridgehead atoms. The molecule has 1 saturated carbocycles. The number of aromatic nitrogens is 1. The number of hydrogen-bond donors (Lipinski definition) is 1. The molecule has 1 heterocycles. The fraction of sp³-hybridized carbons (Fsp3) is 0.643. The third-order valence-electron chi connectivity index (χ3n) is 3.79. The zero-order valence-electron chi connectivity index (χ0n) is 10.3. The maximum atomic E-state index is 6.35. The lowest BCUT2D eigenvalue weighted by atomic mass is 9.73. The van der Waals surface area contributed by atoms with Crippen LogP contribution in [0.2, 0.25) is 0 Å². The molecule has 3 unspecified atom stereocenters. The molecular weight excluding hydrogens is 196 g/mol. The Morgan fingerprint density at radius 3 is 2.50 bits per heavy atom. The molecule has 2 nitrogen and oxygen atoms in total. The van der Waals surface area contributed by atoms with E-state index in [0.717, 1.165) is 11.8 Å². The molecule has 0 spiro atoms. The van der Waals surface area contributed by atoms with Gasteiger partial charge in [0.25, 0.3) is 0 Å². The van der Waals surface area contributed by atoms with Crippen LogP contribution in [-0.4, -0.2) is 4.98 Å². The van der Waals surface area contributed by atoms with Crippen LogP contribution >= 0.6 is 0 Å². The van der Waals surface area contributed by atoms with Crippen molar-refractivity contribution in [3.05, 3.63) is 30.1 Å². The van der Waals surface area contributed by atoms with Gasteiger partial charge in [0.1, 0.15) is 0 Å². The lowest BCUT2D eigenvalue weighted by Crippen LogP contribution is -2.29. The summed E-state index contributed by atoms with van der Waals surface area (Å²) < 4.78 is 0. The summed E-state index contributed by atoms with van der Waals surface area (Å²) in [6, 6.07) is 4.24. The summed E-state index contributed by atoms with van der Waals surface area (Å²) >= 11 is 0. The van der Waals surface area contributed by atoms with Crippen molar-refractivity contribution in [2.45, 2.75) is 39.2 Å². The molecule has 0 saturated heterocycles. The van der Waals surface area contributed by atoms with Crippen LogP contribution in [0.15, 0.2) is 24.5 Å². The first-order valence-electron chi connectivity index (χ1n) is 6.32. The number of nitrogens with two attached hydrogens (primary N) is 1. The van der Waals surface area contributed by atoms with E-state index in [1.807, 2.05) is 18.5 Å². The van der Waals surface area contributed by atoms with Crippen LogP contribution in [0.4, 0.5) is 0 Å². The lowest BCUT2D eigenvalue weighted by molar-refractivity contribution is 0.193. The van der Waals surface area contributed by atoms with Crippen LogP contribution in [0, 0.1) is 17.8 Å². The van der Waals surface area contributed by atoms with Gasteiger partial charge in [0.05, 0.1) is 0 Å². The largest absolute Gasteiger partial charge is 0.324 e. The van der Waals surface area contributed by atoms with Crippen molar-refractivity contribution in [1.82, 2.24) is 4.98 Å². The Hall–Kier alpha value is -0.890. The molecule has 1 fully saturated rings. The van der Waals surface area contributed by atoms with Crippen LogP contribution < -0.4 is 5.73 Å². The van der Waals surface area contributed by atoms with Gasteiger partial charge in [-0.3, -0.25) is 4.98 Å². The highest BCUT2D eigenvalue weighted by molar-refractivity contribution is 5.14. The van der Waals surface area contributed by atoms with Crippen LogP contribution in [0.25, 0.3) is 0 Å². The minimum Gasteiger partial charge on any atom is -0.324 e. The standard InChI is InChI=1S/C14H22N2/c1-10-6-11(2)8-13(7-10)14(15)12-4-3-5-16-9-12/h3-5,9-11,13-14H,6-8,15H2,1-2H3. The lowest BCUT2D eigenvalue weighted by Gasteiger charge is -2.35. The van der Waals surface area contributed by atoms with Gasteiger partial charge < -0.3 is 5.73 Å². The average Bonchev–Trinajstić information content (AvgIpc) is 2.28. The smallest absolute Gasteiger partial charge is 0.0339 e. The third-order valence-corrected chi connectivity index (χ3v) is 3.79. The Morgan fingerprint density at radius 1 is 1.25 bits per heavy atom.